The first-order valence-corrected chi connectivity index (χ1v) is 6.70. The van der Waals surface area contributed by atoms with Crippen LogP contribution in [0.5, 0.6) is 0 Å². The molecule has 0 radical (unpaired) electrons. The zero-order chi connectivity index (χ0) is 15.5. The number of anilines is 2. The predicted octanol–water partition coefficient (Wildman–Crippen LogP) is 1.96. The molecule has 0 aliphatic carbocycles. The van der Waals surface area contributed by atoms with Crippen molar-refractivity contribution in [3.05, 3.63) is 54.4 Å². The minimum absolute atomic E-state index is 0.273. The molecule has 0 saturated heterocycles. The van der Waals surface area contributed by atoms with E-state index in [0.29, 0.717) is 5.69 Å². The van der Waals surface area contributed by atoms with Crippen LogP contribution in [-0.2, 0) is 10.3 Å². The van der Waals surface area contributed by atoms with E-state index in [1.54, 1.807) is 19.3 Å². The summed E-state index contributed by atoms with van der Waals surface area (Å²) in [5, 5.41) is 2.86. The van der Waals surface area contributed by atoms with Crippen LogP contribution >= 0.6 is 0 Å². The molecule has 1 amide bonds. The Labute approximate surface area is 124 Å². The van der Waals surface area contributed by atoms with Crippen molar-refractivity contribution in [2.75, 3.05) is 24.3 Å². The molecule has 0 aliphatic heterocycles. The smallest absolute Gasteiger partial charge is 0.248 e. The molecule has 1 atom stereocenters. The van der Waals surface area contributed by atoms with E-state index in [1.165, 1.54) is 0 Å². The van der Waals surface area contributed by atoms with Crippen LogP contribution in [0.1, 0.15) is 12.5 Å². The molecule has 0 aliphatic rings. The summed E-state index contributed by atoms with van der Waals surface area (Å²) >= 11 is 0. The van der Waals surface area contributed by atoms with Crippen molar-refractivity contribution in [2.24, 2.45) is 5.73 Å². The summed E-state index contributed by atoms with van der Waals surface area (Å²) in [6.07, 6.45) is 3.30. The molecule has 2 aromatic rings. The Morgan fingerprint density at radius 1 is 1.24 bits per heavy atom. The standard InChI is InChI=1S/C16H20N4O/c1-16(17,12-7-5-4-6-8-12)15(21)19-13-11-18-10-9-14(13)20(2)3/h4-11H,17H2,1-3H3,(H,19,21). The average Bonchev–Trinajstić information content (AvgIpc) is 2.48. The third-order valence-electron chi connectivity index (χ3n) is 3.37. The maximum absolute atomic E-state index is 12.5. The monoisotopic (exact) mass is 284 g/mol. The SMILES string of the molecule is CN(C)c1ccncc1NC(=O)C(C)(N)c1ccccc1. The van der Waals surface area contributed by atoms with Crippen molar-refractivity contribution in [3.63, 3.8) is 0 Å². The van der Waals surface area contributed by atoms with Crippen molar-refractivity contribution in [2.45, 2.75) is 12.5 Å². The fourth-order valence-electron chi connectivity index (χ4n) is 2.04. The molecule has 21 heavy (non-hydrogen) atoms. The molecule has 2 rings (SSSR count). The first-order chi connectivity index (χ1) is 9.93. The lowest BCUT2D eigenvalue weighted by Crippen LogP contribution is -2.45. The molecule has 1 aromatic carbocycles. The number of benzene rings is 1. The summed E-state index contributed by atoms with van der Waals surface area (Å²) in [7, 11) is 3.81. The predicted molar refractivity (Wildman–Crippen MR) is 85.2 cm³/mol. The highest BCUT2D eigenvalue weighted by Crippen LogP contribution is 2.25. The van der Waals surface area contributed by atoms with Gasteiger partial charge in [-0.25, -0.2) is 0 Å². The maximum Gasteiger partial charge on any atom is 0.248 e. The van der Waals surface area contributed by atoms with Crippen molar-refractivity contribution in [1.82, 2.24) is 4.98 Å². The van der Waals surface area contributed by atoms with Gasteiger partial charge in [0.1, 0.15) is 5.54 Å². The Morgan fingerprint density at radius 2 is 1.90 bits per heavy atom. The Kier molecular flexibility index (Phi) is 4.23. The van der Waals surface area contributed by atoms with E-state index in [-0.39, 0.29) is 5.91 Å². The van der Waals surface area contributed by atoms with Crippen LogP contribution in [0.3, 0.4) is 0 Å². The second-order valence-electron chi connectivity index (χ2n) is 5.31. The van der Waals surface area contributed by atoms with Crippen molar-refractivity contribution >= 4 is 17.3 Å². The summed E-state index contributed by atoms with van der Waals surface area (Å²) in [6.45, 7) is 1.70. The van der Waals surface area contributed by atoms with E-state index < -0.39 is 5.54 Å². The van der Waals surface area contributed by atoms with Crippen LogP contribution in [0.15, 0.2) is 48.8 Å². The highest BCUT2D eigenvalue weighted by atomic mass is 16.2. The van der Waals surface area contributed by atoms with Gasteiger partial charge in [0, 0.05) is 20.3 Å². The maximum atomic E-state index is 12.5. The van der Waals surface area contributed by atoms with Gasteiger partial charge in [-0.05, 0) is 18.6 Å². The van der Waals surface area contributed by atoms with Gasteiger partial charge in [0.25, 0.3) is 0 Å². The minimum atomic E-state index is -1.11. The molecule has 5 nitrogen and oxygen atoms in total. The number of nitrogens with zero attached hydrogens (tertiary/aromatic N) is 2. The van der Waals surface area contributed by atoms with Gasteiger partial charge in [0.05, 0.1) is 17.6 Å². The molecule has 0 saturated carbocycles. The van der Waals surface area contributed by atoms with Crippen molar-refractivity contribution < 1.29 is 4.79 Å². The van der Waals surface area contributed by atoms with Gasteiger partial charge in [-0.2, -0.15) is 0 Å². The molecule has 0 spiro atoms. The molecule has 0 bridgehead atoms. The zero-order valence-electron chi connectivity index (χ0n) is 12.5. The second kappa shape index (κ2) is 5.93. The topological polar surface area (TPSA) is 71.2 Å². The summed E-state index contributed by atoms with van der Waals surface area (Å²) < 4.78 is 0. The number of rotatable bonds is 4. The van der Waals surface area contributed by atoms with Crippen LogP contribution in [0.4, 0.5) is 11.4 Å². The third-order valence-corrected chi connectivity index (χ3v) is 3.37. The van der Waals surface area contributed by atoms with Gasteiger partial charge in [-0.1, -0.05) is 30.3 Å². The highest BCUT2D eigenvalue weighted by Gasteiger charge is 2.30. The summed E-state index contributed by atoms with van der Waals surface area (Å²) in [5.41, 5.74) is 7.38. The number of nitrogens with one attached hydrogen (secondary N) is 1. The van der Waals surface area contributed by atoms with Gasteiger partial charge in [-0.15, -0.1) is 0 Å². The largest absolute Gasteiger partial charge is 0.376 e. The number of nitrogens with two attached hydrogens (primary N) is 1. The molecule has 1 aromatic heterocycles. The van der Waals surface area contributed by atoms with E-state index >= 15 is 0 Å². The quantitative estimate of drug-likeness (QED) is 0.900. The molecule has 110 valence electrons. The van der Waals surface area contributed by atoms with Crippen molar-refractivity contribution in [1.29, 1.82) is 0 Å². The van der Waals surface area contributed by atoms with Crippen LogP contribution in [0, 0.1) is 0 Å². The Bertz CT molecular complexity index is 623. The Balaban J connectivity index is 2.26. The number of pyridine rings is 1. The van der Waals surface area contributed by atoms with Crippen LogP contribution in [0.25, 0.3) is 0 Å². The number of amides is 1. The van der Waals surface area contributed by atoms with Crippen LogP contribution in [-0.4, -0.2) is 25.0 Å². The lowest BCUT2D eigenvalue weighted by atomic mass is 9.92. The van der Waals surface area contributed by atoms with Crippen molar-refractivity contribution in [3.8, 4) is 0 Å². The number of carbonyl (C=O) groups excluding carboxylic acids is 1. The van der Waals surface area contributed by atoms with E-state index in [1.807, 2.05) is 55.4 Å². The zero-order valence-corrected chi connectivity index (χ0v) is 12.5. The number of hydrogen-bond acceptors (Lipinski definition) is 4. The molecular formula is C16H20N4O. The van der Waals surface area contributed by atoms with Crippen LogP contribution in [0.2, 0.25) is 0 Å². The van der Waals surface area contributed by atoms with E-state index in [4.69, 9.17) is 5.73 Å². The van der Waals surface area contributed by atoms with Gasteiger partial charge < -0.3 is 16.0 Å². The summed E-state index contributed by atoms with van der Waals surface area (Å²) in [4.78, 5) is 18.5. The fourth-order valence-corrected chi connectivity index (χ4v) is 2.04. The number of carbonyl (C=O) groups is 1. The number of aromatic nitrogens is 1. The Morgan fingerprint density at radius 3 is 2.52 bits per heavy atom. The molecule has 5 heteroatoms. The fraction of sp³-hybridized carbons (Fsp3) is 0.250. The second-order valence-corrected chi connectivity index (χ2v) is 5.31. The van der Waals surface area contributed by atoms with Gasteiger partial charge >= 0.3 is 0 Å². The molecular weight excluding hydrogens is 264 g/mol. The first-order valence-electron chi connectivity index (χ1n) is 6.70. The van der Waals surface area contributed by atoms with Crippen LogP contribution < -0.4 is 16.0 Å². The lowest BCUT2D eigenvalue weighted by molar-refractivity contribution is -0.120. The third kappa shape index (κ3) is 3.20. The lowest BCUT2D eigenvalue weighted by Gasteiger charge is -2.25. The average molecular weight is 284 g/mol. The molecule has 3 N–H and O–H groups in total. The van der Waals surface area contributed by atoms with E-state index in [9.17, 15) is 4.79 Å². The Hall–Kier alpha value is -2.40. The van der Waals surface area contributed by atoms with Gasteiger partial charge in [0.2, 0.25) is 5.91 Å². The minimum Gasteiger partial charge on any atom is -0.376 e. The normalized spacial score (nSPS) is 13.3. The summed E-state index contributed by atoms with van der Waals surface area (Å²) in [6, 6.07) is 11.1. The molecule has 1 unspecified atom stereocenters. The van der Waals surface area contributed by atoms with E-state index in [2.05, 4.69) is 10.3 Å². The van der Waals surface area contributed by atoms with Gasteiger partial charge in [0.15, 0.2) is 0 Å². The molecule has 0 fully saturated rings. The first kappa shape index (κ1) is 15.0. The summed E-state index contributed by atoms with van der Waals surface area (Å²) in [5.74, 6) is -0.273. The van der Waals surface area contributed by atoms with E-state index in [0.717, 1.165) is 11.3 Å². The number of hydrogen-bond donors (Lipinski definition) is 2. The molecule has 1 heterocycles. The van der Waals surface area contributed by atoms with Gasteiger partial charge in [-0.3, -0.25) is 9.78 Å². The highest BCUT2D eigenvalue weighted by molar-refractivity contribution is 6.00.